The van der Waals surface area contributed by atoms with E-state index >= 15 is 0 Å². The van der Waals surface area contributed by atoms with E-state index in [-0.39, 0.29) is 23.3 Å². The number of hydrogen-bond acceptors (Lipinski definition) is 3. The average Bonchev–Trinajstić information content (AvgIpc) is 2.82. The van der Waals surface area contributed by atoms with Crippen LogP contribution in [0.3, 0.4) is 0 Å². The highest BCUT2D eigenvalue weighted by Gasteiger charge is 2.29. The van der Waals surface area contributed by atoms with Gasteiger partial charge in [0.05, 0.1) is 7.11 Å². The fourth-order valence-corrected chi connectivity index (χ4v) is 3.85. The number of aryl methyl sites for hydroxylation is 1. The van der Waals surface area contributed by atoms with E-state index < -0.39 is 6.04 Å². The fourth-order valence-electron chi connectivity index (χ4n) is 3.85. The first-order chi connectivity index (χ1) is 16.1. The minimum atomic E-state index is -0.508. The Morgan fingerprint density at radius 2 is 1.53 bits per heavy atom. The maximum Gasteiger partial charge on any atom is 0.243 e. The molecule has 0 saturated carbocycles. The molecule has 0 saturated heterocycles. The van der Waals surface area contributed by atoms with Gasteiger partial charge < -0.3 is 15.0 Å². The van der Waals surface area contributed by atoms with E-state index in [2.05, 4.69) is 50.4 Å². The quantitative estimate of drug-likeness (QED) is 0.466. The Morgan fingerprint density at radius 3 is 2.03 bits per heavy atom. The molecule has 34 heavy (non-hydrogen) atoms. The fraction of sp³-hybridized carbons (Fsp3) is 0.517. The number of hydrogen-bond donors (Lipinski definition) is 1. The Morgan fingerprint density at radius 1 is 0.941 bits per heavy atom. The predicted molar refractivity (Wildman–Crippen MR) is 139 cm³/mol. The highest BCUT2D eigenvalue weighted by atomic mass is 16.5. The summed E-state index contributed by atoms with van der Waals surface area (Å²) in [6, 6.07) is 15.7. The number of methoxy groups -OCH3 is 1. The molecule has 0 aliphatic carbocycles. The summed E-state index contributed by atoms with van der Waals surface area (Å²) < 4.78 is 5.26. The molecule has 0 aliphatic rings. The zero-order valence-corrected chi connectivity index (χ0v) is 22.0. The number of ether oxygens (including phenoxy) is 1. The van der Waals surface area contributed by atoms with E-state index in [0.29, 0.717) is 25.8 Å². The Labute approximate surface area is 205 Å². The molecule has 2 amide bonds. The minimum absolute atomic E-state index is 0.0122. The van der Waals surface area contributed by atoms with Gasteiger partial charge in [-0.15, -0.1) is 0 Å². The van der Waals surface area contributed by atoms with Gasteiger partial charge in [0, 0.05) is 19.0 Å². The molecule has 5 heteroatoms. The van der Waals surface area contributed by atoms with Crippen LogP contribution in [0.1, 0.15) is 77.5 Å². The number of carbonyl (C=O) groups is 2. The third-order valence-electron chi connectivity index (χ3n) is 6.35. The molecule has 2 aromatic rings. The number of rotatable bonds is 11. The van der Waals surface area contributed by atoms with E-state index in [1.54, 1.807) is 12.0 Å². The summed E-state index contributed by atoms with van der Waals surface area (Å²) >= 11 is 0. The molecule has 1 N–H and O–H groups in total. The zero-order valence-electron chi connectivity index (χ0n) is 22.0. The third kappa shape index (κ3) is 7.89. The lowest BCUT2D eigenvalue weighted by atomic mass is 9.86. The third-order valence-corrected chi connectivity index (χ3v) is 6.35. The first kappa shape index (κ1) is 27.4. The molecule has 0 heterocycles. The van der Waals surface area contributed by atoms with Crippen molar-refractivity contribution in [1.82, 2.24) is 10.2 Å². The van der Waals surface area contributed by atoms with Crippen molar-refractivity contribution in [2.45, 2.75) is 91.3 Å². The maximum atomic E-state index is 13.5. The standard InChI is InChI=1S/C29H42N2O3/c1-8-21(3)30-28(33)26(9-2)31(20-23-12-17-25(34-7)18-13-23)27(32)19-14-22-10-15-24(16-11-22)29(4,5)6/h10-13,15-18,21,26H,8-9,14,19-20H2,1-7H3,(H,30,33)/t21-,26-/m0/s1. The highest BCUT2D eigenvalue weighted by molar-refractivity contribution is 5.88. The van der Waals surface area contributed by atoms with Crippen LogP contribution in [-0.2, 0) is 28.0 Å². The van der Waals surface area contributed by atoms with Crippen LogP contribution in [0.25, 0.3) is 0 Å². The summed E-state index contributed by atoms with van der Waals surface area (Å²) in [7, 11) is 1.63. The summed E-state index contributed by atoms with van der Waals surface area (Å²) in [5.74, 6) is 0.664. The maximum absolute atomic E-state index is 13.5. The summed E-state index contributed by atoms with van der Waals surface area (Å²) in [5, 5.41) is 3.06. The first-order valence-electron chi connectivity index (χ1n) is 12.4. The smallest absolute Gasteiger partial charge is 0.243 e. The predicted octanol–water partition coefficient (Wildman–Crippen LogP) is 5.65. The van der Waals surface area contributed by atoms with Crippen molar-refractivity contribution in [1.29, 1.82) is 0 Å². The number of nitrogens with one attached hydrogen (secondary N) is 1. The van der Waals surface area contributed by atoms with Gasteiger partial charge in [-0.05, 0) is 60.4 Å². The lowest BCUT2D eigenvalue weighted by molar-refractivity contribution is -0.141. The molecule has 0 aliphatic heterocycles. The molecule has 2 atom stereocenters. The molecule has 0 bridgehead atoms. The highest BCUT2D eigenvalue weighted by Crippen LogP contribution is 2.23. The molecule has 0 radical (unpaired) electrons. The van der Waals surface area contributed by atoms with Gasteiger partial charge in [0.2, 0.25) is 11.8 Å². The second-order valence-electron chi connectivity index (χ2n) is 10.1. The van der Waals surface area contributed by atoms with Gasteiger partial charge >= 0.3 is 0 Å². The number of amides is 2. The molecule has 0 spiro atoms. The molecule has 2 aromatic carbocycles. The molecular formula is C29H42N2O3. The molecule has 0 aromatic heterocycles. The van der Waals surface area contributed by atoms with Gasteiger partial charge in [-0.25, -0.2) is 0 Å². The van der Waals surface area contributed by atoms with Crippen molar-refractivity contribution in [3.05, 3.63) is 65.2 Å². The number of nitrogens with zero attached hydrogens (tertiary/aromatic N) is 1. The molecule has 0 unspecified atom stereocenters. The Bertz CT molecular complexity index is 914. The summed E-state index contributed by atoms with van der Waals surface area (Å²) in [6.07, 6.45) is 2.41. The van der Waals surface area contributed by atoms with Crippen molar-refractivity contribution in [3.63, 3.8) is 0 Å². The second-order valence-corrected chi connectivity index (χ2v) is 10.1. The van der Waals surface area contributed by atoms with Gasteiger partial charge in [-0.1, -0.05) is 71.0 Å². The largest absolute Gasteiger partial charge is 0.497 e. The summed E-state index contributed by atoms with van der Waals surface area (Å²) in [6.45, 7) is 12.9. The monoisotopic (exact) mass is 466 g/mol. The summed E-state index contributed by atoms with van der Waals surface area (Å²) in [5.41, 5.74) is 3.47. The molecule has 2 rings (SSSR count). The van der Waals surface area contributed by atoms with Gasteiger partial charge in [-0.2, -0.15) is 0 Å². The van der Waals surface area contributed by atoms with E-state index in [1.165, 1.54) is 5.56 Å². The molecular weight excluding hydrogens is 424 g/mol. The van der Waals surface area contributed by atoms with Crippen LogP contribution in [-0.4, -0.2) is 35.9 Å². The molecule has 5 nitrogen and oxygen atoms in total. The van der Waals surface area contributed by atoms with Crippen LogP contribution in [0.4, 0.5) is 0 Å². The van der Waals surface area contributed by atoms with Crippen LogP contribution >= 0.6 is 0 Å². The first-order valence-corrected chi connectivity index (χ1v) is 12.4. The van der Waals surface area contributed by atoms with Gasteiger partial charge in [-0.3, -0.25) is 9.59 Å². The number of carbonyl (C=O) groups excluding carboxylic acids is 2. The van der Waals surface area contributed by atoms with Crippen LogP contribution in [0.5, 0.6) is 5.75 Å². The van der Waals surface area contributed by atoms with Crippen LogP contribution in [0, 0.1) is 0 Å². The Kier molecular flexibility index (Phi) is 10.2. The minimum Gasteiger partial charge on any atom is -0.497 e. The van der Waals surface area contributed by atoms with Gasteiger partial charge in [0.25, 0.3) is 0 Å². The molecule has 186 valence electrons. The number of benzene rings is 2. The van der Waals surface area contributed by atoms with Crippen molar-refractivity contribution in [2.75, 3.05) is 7.11 Å². The van der Waals surface area contributed by atoms with Crippen molar-refractivity contribution < 1.29 is 14.3 Å². The lowest BCUT2D eigenvalue weighted by Gasteiger charge is -2.31. The van der Waals surface area contributed by atoms with Crippen molar-refractivity contribution in [2.24, 2.45) is 0 Å². The van der Waals surface area contributed by atoms with Crippen molar-refractivity contribution in [3.8, 4) is 5.75 Å². The van der Waals surface area contributed by atoms with Crippen LogP contribution in [0.15, 0.2) is 48.5 Å². The normalized spacial score (nSPS) is 13.1. The zero-order chi connectivity index (χ0) is 25.3. The van der Waals surface area contributed by atoms with Crippen LogP contribution in [0.2, 0.25) is 0 Å². The second kappa shape index (κ2) is 12.6. The van der Waals surface area contributed by atoms with Crippen LogP contribution < -0.4 is 10.1 Å². The Hall–Kier alpha value is -2.82. The average molecular weight is 467 g/mol. The van der Waals surface area contributed by atoms with E-state index in [9.17, 15) is 9.59 Å². The van der Waals surface area contributed by atoms with Gasteiger partial charge in [0.15, 0.2) is 0 Å². The lowest BCUT2D eigenvalue weighted by Crippen LogP contribution is -2.50. The SMILES string of the molecule is CC[C@H](C)NC(=O)[C@H](CC)N(Cc1ccc(OC)cc1)C(=O)CCc1ccc(C(C)(C)C)cc1. The topological polar surface area (TPSA) is 58.6 Å². The molecule has 0 fully saturated rings. The van der Waals surface area contributed by atoms with E-state index in [1.807, 2.05) is 45.0 Å². The van der Waals surface area contributed by atoms with Gasteiger partial charge in [0.1, 0.15) is 11.8 Å². The van der Waals surface area contributed by atoms with Crippen molar-refractivity contribution >= 4 is 11.8 Å². The summed E-state index contributed by atoms with van der Waals surface area (Å²) in [4.78, 5) is 28.3. The van der Waals surface area contributed by atoms with E-state index in [0.717, 1.165) is 23.3 Å². The van der Waals surface area contributed by atoms with E-state index in [4.69, 9.17) is 4.74 Å². The Balaban J connectivity index is 2.20.